The Balaban J connectivity index is 1.76. The second-order valence-corrected chi connectivity index (χ2v) is 11.8. The van der Waals surface area contributed by atoms with Crippen molar-refractivity contribution in [3.05, 3.63) is 106 Å². The molecule has 0 radical (unpaired) electrons. The summed E-state index contributed by atoms with van der Waals surface area (Å²) in [6.07, 6.45) is -0.826. The number of benzene rings is 4. The van der Waals surface area contributed by atoms with Crippen LogP contribution in [0.1, 0.15) is 15.9 Å². The molecule has 7 nitrogen and oxygen atoms in total. The van der Waals surface area contributed by atoms with E-state index in [1.54, 1.807) is 36.4 Å². The molecule has 0 aliphatic carbocycles. The van der Waals surface area contributed by atoms with Gasteiger partial charge in [0, 0.05) is 27.5 Å². The predicted octanol–water partition coefficient (Wildman–Crippen LogP) is 5.74. The number of rotatable bonds is 8. The van der Waals surface area contributed by atoms with E-state index in [0.717, 1.165) is 9.87 Å². The molecule has 0 aliphatic heterocycles. The molecule has 1 atom stereocenters. The minimum atomic E-state index is -4.65. The van der Waals surface area contributed by atoms with Crippen LogP contribution < -0.4 is 9.62 Å². The monoisotopic (exact) mass is 562 g/mol. The van der Waals surface area contributed by atoms with E-state index in [2.05, 4.69) is 5.32 Å². The van der Waals surface area contributed by atoms with Gasteiger partial charge in [-0.25, -0.2) is 4.21 Å². The highest BCUT2D eigenvalue weighted by molar-refractivity contribution is 7.87. The van der Waals surface area contributed by atoms with Crippen molar-refractivity contribution in [1.82, 2.24) is 5.32 Å². The Hall–Kier alpha value is -2.71. The minimum Gasteiger partial charge on any atom is -0.348 e. The lowest BCUT2D eigenvalue weighted by Crippen LogP contribution is -2.27. The van der Waals surface area contributed by atoms with Gasteiger partial charge in [-0.1, -0.05) is 77.8 Å². The number of nitrogens with zero attached hydrogens (tertiary/aromatic N) is 1. The second-order valence-electron chi connectivity index (χ2n) is 7.89. The molecule has 4 rings (SSSR count). The molecule has 11 heteroatoms. The van der Waals surface area contributed by atoms with Crippen LogP contribution in [0.5, 0.6) is 0 Å². The Morgan fingerprint density at radius 3 is 2.19 bits per heavy atom. The first kappa shape index (κ1) is 26.4. The van der Waals surface area contributed by atoms with Crippen LogP contribution in [-0.4, -0.2) is 26.2 Å². The van der Waals surface area contributed by atoms with Crippen molar-refractivity contribution >= 4 is 64.2 Å². The molecule has 186 valence electrons. The van der Waals surface area contributed by atoms with Crippen LogP contribution in [0.4, 0.5) is 5.69 Å². The van der Waals surface area contributed by atoms with Gasteiger partial charge in [-0.2, -0.15) is 0 Å². The number of halogens is 2. The summed E-state index contributed by atoms with van der Waals surface area (Å²) in [6, 6.07) is 23.8. The molecule has 1 unspecified atom stereocenters. The van der Waals surface area contributed by atoms with Crippen molar-refractivity contribution in [3.8, 4) is 0 Å². The number of fused-ring (bicyclic) bond motifs is 1. The first-order chi connectivity index (χ1) is 17.1. The molecule has 0 saturated heterocycles. The molecule has 1 amide bonds. The lowest BCUT2D eigenvalue weighted by Gasteiger charge is -2.25. The first-order valence-electron chi connectivity index (χ1n) is 10.7. The molecule has 0 heterocycles. The summed E-state index contributed by atoms with van der Waals surface area (Å²) in [5.74, 6) is -0.314. The van der Waals surface area contributed by atoms with Crippen LogP contribution in [0.15, 0.2) is 89.8 Å². The van der Waals surface area contributed by atoms with Crippen molar-refractivity contribution < 1.29 is 23.4 Å². The highest BCUT2D eigenvalue weighted by atomic mass is 35.5. The van der Waals surface area contributed by atoms with Gasteiger partial charge in [-0.05, 0) is 41.3 Å². The van der Waals surface area contributed by atoms with Crippen molar-refractivity contribution in [3.63, 3.8) is 0 Å². The fraction of sp³-hybridized carbons (Fsp3) is 0.0800. The summed E-state index contributed by atoms with van der Waals surface area (Å²) < 4.78 is 26.7. The second kappa shape index (κ2) is 11.1. The van der Waals surface area contributed by atoms with E-state index in [4.69, 9.17) is 23.2 Å². The first-order valence-corrected chi connectivity index (χ1v) is 14.3. The maximum atomic E-state index is 13.5. The van der Waals surface area contributed by atoms with Crippen LogP contribution >= 0.6 is 30.8 Å². The summed E-state index contributed by atoms with van der Waals surface area (Å²) in [4.78, 5) is 32.7. The number of amides is 1. The van der Waals surface area contributed by atoms with Crippen molar-refractivity contribution in [2.75, 3.05) is 10.6 Å². The van der Waals surface area contributed by atoms with Gasteiger partial charge in [-0.15, -0.1) is 0 Å². The summed E-state index contributed by atoms with van der Waals surface area (Å²) in [5, 5.41) is 4.40. The number of carbonyl (C=O) groups is 1. The highest BCUT2D eigenvalue weighted by Gasteiger charge is 2.27. The lowest BCUT2D eigenvalue weighted by atomic mass is 10.0. The number of carbonyl (C=O) groups excluding carboxylic acids is 1. The molecular weight excluding hydrogens is 542 g/mol. The number of hydrogen-bond acceptors (Lipinski definition) is 3. The zero-order valence-electron chi connectivity index (χ0n) is 18.7. The average molecular weight is 563 g/mol. The van der Waals surface area contributed by atoms with Crippen LogP contribution in [0.3, 0.4) is 0 Å². The van der Waals surface area contributed by atoms with Gasteiger partial charge in [0.05, 0.1) is 10.6 Å². The molecule has 0 spiro atoms. The third kappa shape index (κ3) is 6.34. The van der Waals surface area contributed by atoms with Gasteiger partial charge < -0.3 is 15.1 Å². The summed E-state index contributed by atoms with van der Waals surface area (Å²) in [5.41, 5.74) is 1.59. The smallest absolute Gasteiger partial charge is 0.345 e. The molecule has 0 saturated carbocycles. The largest absolute Gasteiger partial charge is 0.348 e. The van der Waals surface area contributed by atoms with Crippen LogP contribution in [0, 0.1) is 0 Å². The molecule has 0 bridgehead atoms. The minimum absolute atomic E-state index is 0.176. The number of nitrogens with one attached hydrogen (secondary N) is 1. The lowest BCUT2D eigenvalue weighted by molar-refractivity contribution is 0.0952. The topological polar surface area (TPSA) is 107 Å². The Labute approximate surface area is 220 Å². The molecule has 36 heavy (non-hydrogen) atoms. The Bertz CT molecular complexity index is 1480. The molecule has 4 aromatic rings. The van der Waals surface area contributed by atoms with E-state index in [9.17, 15) is 23.4 Å². The van der Waals surface area contributed by atoms with Crippen molar-refractivity contribution in [2.45, 2.75) is 11.4 Å². The molecular formula is C25H21Cl2N2O5PS. The quantitative estimate of drug-likeness (QED) is 0.237. The highest BCUT2D eigenvalue weighted by Crippen LogP contribution is 2.41. The van der Waals surface area contributed by atoms with Crippen molar-refractivity contribution in [1.29, 1.82) is 0 Å². The van der Waals surface area contributed by atoms with E-state index in [0.29, 0.717) is 22.9 Å². The molecule has 0 aliphatic rings. The molecule has 3 N–H and O–H groups in total. The SMILES string of the molecule is O=C(NCc1ccccc1)c1cccc2c(N(CP(=O)(O)O)S(=O)c3cc(Cl)cc(Cl)c3)cccc12. The molecule has 0 aromatic heterocycles. The standard InChI is InChI=1S/C25H21Cl2N2O5PS/c26-18-12-19(27)14-20(13-18)36(34)29(16-35(31,32)33)24-11-5-8-21-22(24)9-4-10-23(21)25(30)28-15-17-6-2-1-3-7-17/h1-14H,15-16H2,(H,28,30)(H2,31,32,33). The van der Waals surface area contributed by atoms with Crippen LogP contribution in [-0.2, 0) is 22.1 Å². The number of hydrogen-bond donors (Lipinski definition) is 3. The summed E-state index contributed by atoms with van der Waals surface area (Å²) in [7, 11) is -6.72. The maximum absolute atomic E-state index is 13.5. The zero-order valence-corrected chi connectivity index (χ0v) is 21.9. The fourth-order valence-corrected chi connectivity index (χ4v) is 6.79. The third-order valence-corrected chi connectivity index (χ3v) is 7.90. The zero-order chi connectivity index (χ0) is 25.9. The average Bonchev–Trinajstić information content (AvgIpc) is 2.84. The number of anilines is 1. The van der Waals surface area contributed by atoms with E-state index in [1.807, 2.05) is 30.3 Å². The fourth-order valence-electron chi connectivity index (χ4n) is 3.72. The van der Waals surface area contributed by atoms with E-state index in [1.165, 1.54) is 18.2 Å². The van der Waals surface area contributed by atoms with E-state index >= 15 is 0 Å². The van der Waals surface area contributed by atoms with Crippen LogP contribution in [0.25, 0.3) is 10.8 Å². The van der Waals surface area contributed by atoms with Gasteiger partial charge in [-0.3, -0.25) is 13.7 Å². The summed E-state index contributed by atoms with van der Waals surface area (Å²) >= 11 is 12.1. The van der Waals surface area contributed by atoms with Gasteiger partial charge in [0.1, 0.15) is 6.29 Å². The van der Waals surface area contributed by atoms with E-state index < -0.39 is 24.9 Å². The van der Waals surface area contributed by atoms with Gasteiger partial charge >= 0.3 is 7.60 Å². The maximum Gasteiger partial charge on any atom is 0.345 e. The summed E-state index contributed by atoms with van der Waals surface area (Å²) in [6.45, 7) is 0.333. The van der Waals surface area contributed by atoms with E-state index in [-0.39, 0.29) is 26.5 Å². The van der Waals surface area contributed by atoms with Gasteiger partial charge in [0.25, 0.3) is 5.91 Å². The Kier molecular flexibility index (Phi) is 8.15. The van der Waals surface area contributed by atoms with Gasteiger partial charge in [0.2, 0.25) is 0 Å². The van der Waals surface area contributed by atoms with Crippen LogP contribution in [0.2, 0.25) is 10.0 Å². The molecule has 4 aromatic carbocycles. The normalized spacial score (nSPS) is 12.3. The Morgan fingerprint density at radius 1 is 0.889 bits per heavy atom. The Morgan fingerprint density at radius 2 is 1.53 bits per heavy atom. The van der Waals surface area contributed by atoms with Crippen molar-refractivity contribution in [2.24, 2.45) is 0 Å². The van der Waals surface area contributed by atoms with Gasteiger partial charge in [0.15, 0.2) is 11.0 Å². The predicted molar refractivity (Wildman–Crippen MR) is 144 cm³/mol. The molecule has 0 fully saturated rings. The third-order valence-electron chi connectivity index (χ3n) is 5.26.